The van der Waals surface area contributed by atoms with Crippen LogP contribution in [0.3, 0.4) is 0 Å². The van der Waals surface area contributed by atoms with Crippen molar-refractivity contribution in [3.05, 3.63) is 34.1 Å². The molecule has 0 saturated carbocycles. The van der Waals surface area contributed by atoms with Crippen molar-refractivity contribution >= 4 is 23.2 Å². The van der Waals surface area contributed by atoms with Crippen molar-refractivity contribution in [1.29, 1.82) is 0 Å². The second-order valence-electron chi connectivity index (χ2n) is 4.12. The highest BCUT2D eigenvalue weighted by molar-refractivity contribution is 5.97. The number of carbonyl (C=O) groups excluding carboxylic acids is 2. The molecule has 1 aliphatic heterocycles. The van der Waals surface area contributed by atoms with Crippen molar-refractivity contribution < 1.29 is 18.9 Å². The fraction of sp³-hybridized carbons (Fsp3) is 0.273. The van der Waals surface area contributed by atoms with E-state index >= 15 is 0 Å². The van der Waals surface area contributed by atoms with Crippen LogP contribution in [-0.2, 0) is 9.59 Å². The molecule has 0 spiro atoms. The summed E-state index contributed by atoms with van der Waals surface area (Å²) in [5, 5.41) is 15.3. The second-order valence-corrected chi connectivity index (χ2v) is 4.12. The molecule has 2 amide bonds. The van der Waals surface area contributed by atoms with Gasteiger partial charge in [0.2, 0.25) is 11.8 Å². The fourth-order valence-corrected chi connectivity index (χ4v) is 1.75. The Balaban J connectivity index is 2.14. The van der Waals surface area contributed by atoms with Gasteiger partial charge in [-0.05, 0) is 6.07 Å². The number of amides is 2. The molecule has 1 fully saturated rings. The molecular formula is C11H10FN3O4. The summed E-state index contributed by atoms with van der Waals surface area (Å²) in [6.07, 6.45) is 0.0301. The van der Waals surface area contributed by atoms with Gasteiger partial charge in [-0.3, -0.25) is 19.7 Å². The molecule has 1 aromatic carbocycles. The number of hydrogen-bond acceptors (Lipinski definition) is 4. The number of halogens is 1. The average Bonchev–Trinajstić information content (AvgIpc) is 2.78. The lowest BCUT2D eigenvalue weighted by atomic mass is 10.1. The normalized spacial score (nSPS) is 17.9. The number of nitrogens with zero attached hydrogens (tertiary/aromatic N) is 1. The largest absolute Gasteiger partial charge is 0.355 e. The van der Waals surface area contributed by atoms with Crippen molar-refractivity contribution in [2.75, 3.05) is 11.9 Å². The van der Waals surface area contributed by atoms with Crippen LogP contribution in [0, 0.1) is 21.8 Å². The molecule has 100 valence electrons. The first kappa shape index (κ1) is 12.9. The average molecular weight is 267 g/mol. The van der Waals surface area contributed by atoms with Gasteiger partial charge >= 0.3 is 0 Å². The van der Waals surface area contributed by atoms with Gasteiger partial charge in [0.15, 0.2) is 0 Å². The summed E-state index contributed by atoms with van der Waals surface area (Å²) >= 11 is 0. The number of nitrogens with one attached hydrogen (secondary N) is 2. The Morgan fingerprint density at radius 3 is 2.84 bits per heavy atom. The Hall–Kier alpha value is -2.51. The van der Waals surface area contributed by atoms with Crippen molar-refractivity contribution in [2.24, 2.45) is 5.92 Å². The van der Waals surface area contributed by atoms with E-state index in [9.17, 15) is 24.1 Å². The summed E-state index contributed by atoms with van der Waals surface area (Å²) in [5.41, 5.74) is -0.587. The summed E-state index contributed by atoms with van der Waals surface area (Å²) in [4.78, 5) is 32.6. The van der Waals surface area contributed by atoms with Crippen LogP contribution in [0.5, 0.6) is 0 Å². The summed E-state index contributed by atoms with van der Waals surface area (Å²) in [6, 6.07) is 2.86. The number of nitro benzene ring substituents is 1. The van der Waals surface area contributed by atoms with Crippen LogP contribution < -0.4 is 10.6 Å². The number of non-ortho nitro benzene ring substituents is 1. The molecule has 1 heterocycles. The maximum absolute atomic E-state index is 13.4. The van der Waals surface area contributed by atoms with Crippen LogP contribution in [0.2, 0.25) is 0 Å². The number of carbonyl (C=O) groups is 2. The zero-order valence-corrected chi connectivity index (χ0v) is 9.68. The molecule has 1 unspecified atom stereocenters. The highest BCUT2D eigenvalue weighted by atomic mass is 19.1. The Morgan fingerprint density at radius 1 is 1.53 bits per heavy atom. The van der Waals surface area contributed by atoms with Crippen molar-refractivity contribution in [3.8, 4) is 0 Å². The minimum absolute atomic E-state index is 0.0301. The monoisotopic (exact) mass is 267 g/mol. The molecule has 0 aliphatic carbocycles. The Bertz CT molecular complexity index is 561. The molecule has 8 heteroatoms. The lowest BCUT2D eigenvalue weighted by Gasteiger charge is -2.09. The molecule has 7 nitrogen and oxygen atoms in total. The van der Waals surface area contributed by atoms with E-state index in [0.717, 1.165) is 18.2 Å². The van der Waals surface area contributed by atoms with Gasteiger partial charge in [-0.25, -0.2) is 4.39 Å². The van der Waals surface area contributed by atoms with Gasteiger partial charge < -0.3 is 10.6 Å². The molecule has 2 rings (SSSR count). The van der Waals surface area contributed by atoms with Crippen LogP contribution in [0.25, 0.3) is 0 Å². The minimum Gasteiger partial charge on any atom is -0.355 e. The highest BCUT2D eigenvalue weighted by Crippen LogP contribution is 2.22. The summed E-state index contributed by atoms with van der Waals surface area (Å²) < 4.78 is 13.4. The van der Waals surface area contributed by atoms with Crippen molar-refractivity contribution in [3.63, 3.8) is 0 Å². The summed E-state index contributed by atoms with van der Waals surface area (Å²) in [6.45, 7) is 0.182. The second kappa shape index (κ2) is 5.01. The molecule has 1 aliphatic rings. The maximum Gasteiger partial charge on any atom is 0.271 e. The van der Waals surface area contributed by atoms with E-state index in [4.69, 9.17) is 0 Å². The van der Waals surface area contributed by atoms with Gasteiger partial charge in [-0.1, -0.05) is 0 Å². The van der Waals surface area contributed by atoms with Crippen LogP contribution in [-0.4, -0.2) is 23.3 Å². The van der Waals surface area contributed by atoms with Crippen molar-refractivity contribution in [2.45, 2.75) is 6.42 Å². The van der Waals surface area contributed by atoms with Gasteiger partial charge in [0.05, 0.1) is 16.5 Å². The van der Waals surface area contributed by atoms with Crippen LogP contribution in [0.1, 0.15) is 6.42 Å². The number of benzene rings is 1. The Labute approximate surface area is 106 Å². The first-order chi connectivity index (χ1) is 8.97. The number of anilines is 1. The van der Waals surface area contributed by atoms with E-state index < -0.39 is 22.6 Å². The van der Waals surface area contributed by atoms with E-state index in [0.29, 0.717) is 0 Å². The topological polar surface area (TPSA) is 101 Å². The zero-order chi connectivity index (χ0) is 14.0. The van der Waals surface area contributed by atoms with Gasteiger partial charge in [-0.15, -0.1) is 0 Å². The number of hydrogen-bond donors (Lipinski definition) is 2. The van der Waals surface area contributed by atoms with Gasteiger partial charge in [-0.2, -0.15) is 0 Å². The fourth-order valence-electron chi connectivity index (χ4n) is 1.75. The van der Waals surface area contributed by atoms with Gasteiger partial charge in [0.25, 0.3) is 5.69 Å². The first-order valence-corrected chi connectivity index (χ1v) is 5.49. The van der Waals surface area contributed by atoms with Gasteiger partial charge in [0, 0.05) is 25.1 Å². The van der Waals surface area contributed by atoms with Gasteiger partial charge in [0.1, 0.15) is 5.82 Å². The molecule has 0 bridgehead atoms. The molecule has 1 saturated heterocycles. The smallest absolute Gasteiger partial charge is 0.271 e. The summed E-state index contributed by atoms with van der Waals surface area (Å²) in [7, 11) is 0. The van der Waals surface area contributed by atoms with E-state index in [1.165, 1.54) is 0 Å². The lowest BCUT2D eigenvalue weighted by Crippen LogP contribution is -2.25. The predicted molar refractivity (Wildman–Crippen MR) is 62.8 cm³/mol. The van der Waals surface area contributed by atoms with Crippen molar-refractivity contribution in [1.82, 2.24) is 5.32 Å². The third-order valence-corrected chi connectivity index (χ3v) is 2.77. The maximum atomic E-state index is 13.4. The predicted octanol–water partition coefficient (Wildman–Crippen LogP) is 0.808. The first-order valence-electron chi connectivity index (χ1n) is 5.49. The molecular weight excluding hydrogens is 257 g/mol. The standard InChI is InChI=1S/C11H10FN3O4/c12-8-2-1-7(15(18)19)4-9(8)14-11(17)6-3-10(16)13-5-6/h1-2,4,6H,3,5H2,(H,13,16)(H,14,17). The molecule has 1 atom stereocenters. The number of nitro groups is 1. The van der Waals surface area contributed by atoms with Crippen LogP contribution in [0.4, 0.5) is 15.8 Å². The Morgan fingerprint density at radius 2 is 2.26 bits per heavy atom. The molecule has 0 aromatic heterocycles. The molecule has 19 heavy (non-hydrogen) atoms. The number of rotatable bonds is 3. The summed E-state index contributed by atoms with van der Waals surface area (Å²) in [5.74, 6) is -2.15. The van der Waals surface area contributed by atoms with E-state index in [1.54, 1.807) is 0 Å². The van der Waals surface area contributed by atoms with Crippen LogP contribution in [0.15, 0.2) is 18.2 Å². The Kier molecular flexibility index (Phi) is 3.41. The third-order valence-electron chi connectivity index (χ3n) is 2.77. The molecule has 0 radical (unpaired) electrons. The van der Waals surface area contributed by atoms with E-state index in [2.05, 4.69) is 10.6 Å². The molecule has 1 aromatic rings. The lowest BCUT2D eigenvalue weighted by molar-refractivity contribution is -0.384. The highest BCUT2D eigenvalue weighted by Gasteiger charge is 2.28. The molecule has 2 N–H and O–H groups in total. The van der Waals surface area contributed by atoms with E-state index in [-0.39, 0.29) is 30.2 Å². The SMILES string of the molecule is O=C1CC(C(=O)Nc2cc([N+](=O)[O-])ccc2F)CN1. The zero-order valence-electron chi connectivity index (χ0n) is 9.68. The van der Waals surface area contributed by atoms with E-state index in [1.807, 2.05) is 0 Å². The van der Waals surface area contributed by atoms with Crippen LogP contribution >= 0.6 is 0 Å². The third kappa shape index (κ3) is 2.84. The minimum atomic E-state index is -0.767. The quantitative estimate of drug-likeness (QED) is 0.625.